The number of rotatable bonds is 4. The maximum atomic E-state index is 13.9. The molecule has 2 aromatic rings. The zero-order chi connectivity index (χ0) is 21.6. The number of urea groups is 1. The van der Waals surface area contributed by atoms with Crippen molar-refractivity contribution in [1.82, 2.24) is 10.0 Å². The number of anilines is 2. The van der Waals surface area contributed by atoms with E-state index in [1.807, 2.05) is 0 Å². The molecule has 1 aliphatic rings. The van der Waals surface area contributed by atoms with Gasteiger partial charge in [0, 0.05) is 5.69 Å². The fourth-order valence-corrected chi connectivity index (χ4v) is 3.95. The number of hydrogen-bond donors (Lipinski definition) is 3. The number of amides is 3. The quantitative estimate of drug-likeness (QED) is 0.507. The van der Waals surface area contributed by atoms with E-state index in [9.17, 15) is 31.2 Å². The normalized spacial score (nSPS) is 20.1. The van der Waals surface area contributed by atoms with E-state index in [0.717, 1.165) is 17.7 Å². The van der Waals surface area contributed by atoms with Gasteiger partial charge in [0.05, 0.1) is 10.6 Å². The largest absolute Gasteiger partial charge is 0.435 e. The highest BCUT2D eigenvalue weighted by atomic mass is 32.2. The van der Waals surface area contributed by atoms with Gasteiger partial charge >= 0.3 is 12.2 Å². The molecule has 0 radical (unpaired) electrons. The van der Waals surface area contributed by atoms with Gasteiger partial charge in [-0.3, -0.25) is 4.79 Å². The van der Waals surface area contributed by atoms with E-state index in [4.69, 9.17) is 5.73 Å². The van der Waals surface area contributed by atoms with Crippen molar-refractivity contribution in [2.24, 2.45) is 0 Å². The smallest absolute Gasteiger partial charge is 0.399 e. The maximum absolute atomic E-state index is 13.9. The van der Waals surface area contributed by atoms with Crippen molar-refractivity contribution < 1.29 is 31.2 Å². The van der Waals surface area contributed by atoms with E-state index in [1.165, 1.54) is 46.4 Å². The first kappa shape index (κ1) is 20.6. The average Bonchev–Trinajstić information content (AvgIpc) is 2.87. The van der Waals surface area contributed by atoms with Crippen LogP contribution in [0.3, 0.4) is 0 Å². The van der Waals surface area contributed by atoms with Gasteiger partial charge in [0.25, 0.3) is 11.6 Å². The molecule has 29 heavy (non-hydrogen) atoms. The van der Waals surface area contributed by atoms with Crippen LogP contribution in [0.1, 0.15) is 5.56 Å². The van der Waals surface area contributed by atoms with Crippen LogP contribution in [0.5, 0.6) is 0 Å². The van der Waals surface area contributed by atoms with Crippen LogP contribution in [0.4, 0.5) is 29.3 Å². The van der Waals surface area contributed by atoms with Gasteiger partial charge in [-0.25, -0.2) is 18.1 Å². The number of carbonyl (C=O) groups excluding carboxylic acids is 2. The van der Waals surface area contributed by atoms with E-state index in [-0.39, 0.29) is 16.3 Å². The van der Waals surface area contributed by atoms with Crippen LogP contribution in [-0.2, 0) is 14.8 Å². The Morgan fingerprint density at radius 3 is 2.10 bits per heavy atom. The summed E-state index contributed by atoms with van der Waals surface area (Å²) in [6.45, 7) is 1.70. The van der Waals surface area contributed by atoms with Gasteiger partial charge < -0.3 is 11.1 Å². The second-order valence-electron chi connectivity index (χ2n) is 6.33. The molecule has 154 valence electrons. The molecule has 3 rings (SSSR count). The van der Waals surface area contributed by atoms with Crippen LogP contribution < -0.4 is 20.7 Å². The molecule has 0 saturated carbocycles. The summed E-state index contributed by atoms with van der Waals surface area (Å²) in [6.07, 6.45) is -5.47. The minimum absolute atomic E-state index is 0.143. The maximum Gasteiger partial charge on any atom is 0.435 e. The predicted octanol–water partition coefficient (Wildman–Crippen LogP) is 1.87. The van der Waals surface area contributed by atoms with Crippen LogP contribution >= 0.6 is 0 Å². The number of alkyl halides is 3. The fourth-order valence-electron chi connectivity index (χ4n) is 2.68. The highest BCUT2D eigenvalue weighted by Crippen LogP contribution is 2.37. The van der Waals surface area contributed by atoms with Crippen molar-refractivity contribution in [2.75, 3.05) is 10.6 Å². The van der Waals surface area contributed by atoms with Gasteiger partial charge in [-0.1, -0.05) is 17.7 Å². The van der Waals surface area contributed by atoms with Crippen molar-refractivity contribution in [2.45, 2.75) is 23.7 Å². The van der Waals surface area contributed by atoms with E-state index >= 15 is 0 Å². The van der Waals surface area contributed by atoms with E-state index < -0.39 is 38.7 Å². The molecule has 0 aliphatic carbocycles. The SMILES string of the molecule is Cc1ccc(N2C(=O)NC(NS(=O)(=O)c3ccc(N)cc3)(C(F)(F)F)C2=O)cc1. The average molecular weight is 428 g/mol. The number of nitrogen functional groups attached to an aromatic ring is 1. The Hall–Kier alpha value is -3.12. The number of hydrogen-bond acceptors (Lipinski definition) is 5. The van der Waals surface area contributed by atoms with Crippen molar-refractivity contribution in [3.05, 3.63) is 54.1 Å². The zero-order valence-electron chi connectivity index (χ0n) is 14.8. The lowest BCUT2D eigenvalue weighted by Gasteiger charge is -2.29. The molecule has 0 aromatic heterocycles. The summed E-state index contributed by atoms with van der Waals surface area (Å²) in [5, 5.41) is 1.46. The molecule has 0 spiro atoms. The van der Waals surface area contributed by atoms with Crippen molar-refractivity contribution in [3.63, 3.8) is 0 Å². The summed E-state index contributed by atoms with van der Waals surface area (Å²) >= 11 is 0. The Kier molecular flexibility index (Phi) is 4.79. The first-order valence-corrected chi connectivity index (χ1v) is 9.55. The lowest BCUT2D eigenvalue weighted by molar-refractivity contribution is -0.194. The third-order valence-electron chi connectivity index (χ3n) is 4.22. The lowest BCUT2D eigenvalue weighted by atomic mass is 10.1. The minimum Gasteiger partial charge on any atom is -0.399 e. The van der Waals surface area contributed by atoms with Crippen molar-refractivity contribution >= 4 is 33.3 Å². The van der Waals surface area contributed by atoms with Crippen molar-refractivity contribution in [3.8, 4) is 0 Å². The molecule has 2 aromatic carbocycles. The molecule has 4 N–H and O–H groups in total. The van der Waals surface area contributed by atoms with Gasteiger partial charge in [0.15, 0.2) is 0 Å². The third kappa shape index (κ3) is 3.51. The van der Waals surface area contributed by atoms with Crippen LogP contribution in [-0.4, -0.2) is 32.2 Å². The molecule has 1 unspecified atom stereocenters. The molecule has 1 fully saturated rings. The van der Waals surface area contributed by atoms with Crippen LogP contribution in [0.2, 0.25) is 0 Å². The van der Waals surface area contributed by atoms with Gasteiger partial charge in [0.1, 0.15) is 0 Å². The number of nitrogens with two attached hydrogens (primary N) is 1. The van der Waals surface area contributed by atoms with Gasteiger partial charge in [0.2, 0.25) is 10.0 Å². The number of halogens is 3. The first-order chi connectivity index (χ1) is 13.4. The van der Waals surface area contributed by atoms with Crippen LogP contribution in [0.15, 0.2) is 53.4 Å². The molecule has 1 aliphatic heterocycles. The molecule has 12 heteroatoms. The zero-order valence-corrected chi connectivity index (χ0v) is 15.6. The number of carbonyl (C=O) groups is 2. The first-order valence-electron chi connectivity index (χ1n) is 8.07. The number of aryl methyl sites for hydroxylation is 1. The molecule has 8 nitrogen and oxygen atoms in total. The van der Waals surface area contributed by atoms with E-state index in [2.05, 4.69) is 0 Å². The fraction of sp³-hybridized carbons (Fsp3) is 0.176. The Bertz CT molecular complexity index is 1070. The molecular formula is C17H15F3N4O4S. The minimum atomic E-state index is -5.47. The van der Waals surface area contributed by atoms with E-state index in [1.54, 1.807) is 6.92 Å². The van der Waals surface area contributed by atoms with Gasteiger partial charge in [-0.05, 0) is 43.3 Å². The topological polar surface area (TPSA) is 122 Å². The Morgan fingerprint density at radius 1 is 1.03 bits per heavy atom. The molecule has 1 atom stereocenters. The monoisotopic (exact) mass is 428 g/mol. The Morgan fingerprint density at radius 2 is 1.59 bits per heavy atom. The van der Waals surface area contributed by atoms with Crippen LogP contribution in [0.25, 0.3) is 0 Å². The number of nitrogens with zero attached hydrogens (tertiary/aromatic N) is 1. The summed E-state index contributed by atoms with van der Waals surface area (Å²) in [5.41, 5.74) is 2.37. The second kappa shape index (κ2) is 6.74. The summed E-state index contributed by atoms with van der Waals surface area (Å²) in [5.74, 6) is -1.82. The predicted molar refractivity (Wildman–Crippen MR) is 97.2 cm³/mol. The summed E-state index contributed by atoms with van der Waals surface area (Å²) in [6, 6.07) is 8.38. The highest BCUT2D eigenvalue weighted by molar-refractivity contribution is 7.89. The molecular weight excluding hydrogens is 413 g/mol. The van der Waals surface area contributed by atoms with E-state index in [0.29, 0.717) is 0 Å². The van der Waals surface area contributed by atoms with Crippen LogP contribution in [0, 0.1) is 6.92 Å². The Labute approximate surface area is 163 Å². The summed E-state index contributed by atoms with van der Waals surface area (Å²) in [4.78, 5) is 24.6. The number of sulfonamides is 1. The lowest BCUT2D eigenvalue weighted by Crippen LogP contribution is -2.69. The van der Waals surface area contributed by atoms with Gasteiger partial charge in [-0.2, -0.15) is 17.9 Å². The van der Waals surface area contributed by atoms with Gasteiger partial charge in [-0.15, -0.1) is 0 Å². The third-order valence-corrected chi connectivity index (χ3v) is 5.68. The second-order valence-corrected chi connectivity index (χ2v) is 8.01. The molecule has 1 saturated heterocycles. The molecule has 0 bridgehead atoms. The highest BCUT2D eigenvalue weighted by Gasteiger charge is 2.69. The van der Waals surface area contributed by atoms with Crippen molar-refractivity contribution in [1.29, 1.82) is 0 Å². The molecule has 1 heterocycles. The number of nitrogens with one attached hydrogen (secondary N) is 2. The summed E-state index contributed by atoms with van der Waals surface area (Å²) in [7, 11) is -4.86. The molecule has 3 amide bonds. The summed E-state index contributed by atoms with van der Waals surface area (Å²) < 4.78 is 68.0. The Balaban J connectivity index is 2.06. The number of imide groups is 1. The number of benzene rings is 2. The standard InChI is InChI=1S/C17H15F3N4O4S/c1-10-2-6-12(7-3-10)24-14(25)16(17(18,19)20,22-15(24)26)23-29(27,28)13-8-4-11(21)5-9-13/h2-9,23H,21H2,1H3,(H,22,26).